The minimum Gasteiger partial charge on any atom is -0.465 e. The van der Waals surface area contributed by atoms with Crippen molar-refractivity contribution in [3.63, 3.8) is 0 Å². The number of esters is 1. The molecule has 0 saturated carbocycles. The van der Waals surface area contributed by atoms with Gasteiger partial charge in [0.15, 0.2) is 0 Å². The number of ether oxygens (including phenoxy) is 2. The van der Waals surface area contributed by atoms with Crippen LogP contribution >= 0.6 is 11.8 Å². The molecule has 0 aliphatic carbocycles. The lowest BCUT2D eigenvalue weighted by atomic mass is 9.71. The molecule has 4 fully saturated rings. The zero-order valence-electron chi connectivity index (χ0n) is 25.7. The van der Waals surface area contributed by atoms with Crippen LogP contribution in [0.1, 0.15) is 37.7 Å². The van der Waals surface area contributed by atoms with Crippen molar-refractivity contribution in [2.75, 3.05) is 59.2 Å². The molecular weight excluding hydrogens is 578 g/mol. The van der Waals surface area contributed by atoms with Gasteiger partial charge < -0.3 is 24.4 Å². The number of hydrogen-bond acceptors (Lipinski definition) is 8. The predicted octanol–water partition coefficient (Wildman–Crippen LogP) is 2.93. The summed E-state index contributed by atoms with van der Waals surface area (Å²) >= 11 is 1.63. The molecule has 0 aromatic heterocycles. The van der Waals surface area contributed by atoms with E-state index in [2.05, 4.69) is 18.1 Å². The smallest absolute Gasteiger partial charge is 0.310 e. The molecule has 6 atom stereocenters. The number of allylic oxidation sites excluding steroid dienone is 1. The Hall–Kier alpha value is -2.66. The van der Waals surface area contributed by atoms with E-state index < -0.39 is 28.7 Å². The number of rotatable bonds is 16. The number of benzene rings is 1. The highest BCUT2D eigenvalue weighted by molar-refractivity contribution is 8.02. The molecule has 4 saturated heterocycles. The molecule has 10 heteroatoms. The number of unbranched alkanes of at least 4 members (excludes halogenated alkanes) is 2. The number of likely N-dealkylation sites (tertiary alicyclic amines) is 1. The highest BCUT2D eigenvalue weighted by atomic mass is 32.2. The van der Waals surface area contributed by atoms with Crippen LogP contribution in [0.3, 0.4) is 0 Å². The van der Waals surface area contributed by atoms with Crippen LogP contribution < -0.4 is 0 Å². The SMILES string of the molecule is C=CCCCCOC(=O)[C@@H]1[C@H]2C(=O)N([C@@H](CO)Cc3ccccc3)C(C(=O)N(CC=C)CCN3CCOCC3)C23CC[C@H]1S3. The zero-order chi connectivity index (χ0) is 31.1. The first-order chi connectivity index (χ1) is 21.4. The van der Waals surface area contributed by atoms with Crippen molar-refractivity contribution in [2.24, 2.45) is 11.8 Å². The van der Waals surface area contributed by atoms with E-state index in [1.807, 2.05) is 36.4 Å². The highest BCUT2D eigenvalue weighted by Crippen LogP contribution is 2.67. The second kappa shape index (κ2) is 15.1. The molecule has 5 rings (SSSR count). The maximum Gasteiger partial charge on any atom is 0.310 e. The van der Waals surface area contributed by atoms with Crippen LogP contribution in [0.4, 0.5) is 0 Å². The summed E-state index contributed by atoms with van der Waals surface area (Å²) in [6.45, 7) is 12.2. The Morgan fingerprint density at radius 2 is 1.95 bits per heavy atom. The van der Waals surface area contributed by atoms with Gasteiger partial charge in [-0.3, -0.25) is 19.3 Å². The second-order valence-corrected chi connectivity index (χ2v) is 13.9. The minimum atomic E-state index is -0.786. The van der Waals surface area contributed by atoms with Crippen molar-refractivity contribution in [1.29, 1.82) is 0 Å². The summed E-state index contributed by atoms with van der Waals surface area (Å²) < 4.78 is 10.5. The number of aliphatic hydroxyl groups is 1. The summed E-state index contributed by atoms with van der Waals surface area (Å²) in [4.78, 5) is 48.6. The molecule has 1 aromatic carbocycles. The fourth-order valence-corrected chi connectivity index (χ4v) is 9.72. The van der Waals surface area contributed by atoms with E-state index in [1.165, 1.54) is 0 Å². The Labute approximate surface area is 265 Å². The lowest BCUT2D eigenvalue weighted by Gasteiger charge is -2.40. The largest absolute Gasteiger partial charge is 0.465 e. The van der Waals surface area contributed by atoms with E-state index in [4.69, 9.17) is 9.47 Å². The number of nitrogens with zero attached hydrogens (tertiary/aromatic N) is 3. The van der Waals surface area contributed by atoms with Crippen LogP contribution in [-0.2, 0) is 30.3 Å². The van der Waals surface area contributed by atoms with Crippen LogP contribution in [0.5, 0.6) is 0 Å². The molecule has 2 bridgehead atoms. The maximum atomic E-state index is 14.7. The summed E-state index contributed by atoms with van der Waals surface area (Å²) in [6, 6.07) is 8.35. The zero-order valence-corrected chi connectivity index (χ0v) is 26.5. The number of aliphatic hydroxyl groups excluding tert-OH is 1. The molecule has 240 valence electrons. The standard InChI is InChI=1S/C34H47N3O6S/c1-3-5-6-10-20-43-33(41)28-27-13-14-34(44-27)29(28)31(39)37(26(24-38)23-25-11-8-7-9-12-25)30(34)32(40)36(15-4-2)17-16-35-18-21-42-22-19-35/h3-4,7-9,11-12,26-30,38H,1-2,5-6,10,13-24H2/t26-,27-,28+,29+,30?,34?/m1/s1. The molecule has 1 N–H and O–H groups in total. The van der Waals surface area contributed by atoms with Crippen molar-refractivity contribution in [3.05, 3.63) is 61.2 Å². The maximum absolute atomic E-state index is 14.7. The Morgan fingerprint density at radius 1 is 1.18 bits per heavy atom. The van der Waals surface area contributed by atoms with Gasteiger partial charge in [-0.2, -0.15) is 0 Å². The average molecular weight is 626 g/mol. The first-order valence-electron chi connectivity index (χ1n) is 16.1. The van der Waals surface area contributed by atoms with Gasteiger partial charge in [-0.15, -0.1) is 24.9 Å². The van der Waals surface area contributed by atoms with Gasteiger partial charge in [-0.05, 0) is 44.1 Å². The van der Waals surface area contributed by atoms with Gasteiger partial charge in [0.2, 0.25) is 11.8 Å². The van der Waals surface area contributed by atoms with Crippen molar-refractivity contribution < 1.29 is 29.0 Å². The van der Waals surface area contributed by atoms with Crippen molar-refractivity contribution in [2.45, 2.75) is 60.6 Å². The van der Waals surface area contributed by atoms with Gasteiger partial charge in [0.1, 0.15) is 6.04 Å². The third-order valence-corrected chi connectivity index (χ3v) is 11.6. The van der Waals surface area contributed by atoms with Gasteiger partial charge in [-0.1, -0.05) is 42.5 Å². The van der Waals surface area contributed by atoms with Crippen molar-refractivity contribution in [3.8, 4) is 0 Å². The Kier molecular flexibility index (Phi) is 11.2. The van der Waals surface area contributed by atoms with Gasteiger partial charge >= 0.3 is 5.97 Å². The van der Waals surface area contributed by atoms with Crippen LogP contribution in [0.15, 0.2) is 55.6 Å². The fourth-order valence-electron chi connectivity index (χ4n) is 7.54. The number of thioether (sulfide) groups is 1. The quantitative estimate of drug-likeness (QED) is 0.170. The average Bonchev–Trinajstić information content (AvgIpc) is 3.70. The monoisotopic (exact) mass is 625 g/mol. The Bertz CT molecular complexity index is 1180. The van der Waals surface area contributed by atoms with E-state index in [1.54, 1.807) is 27.6 Å². The van der Waals surface area contributed by atoms with E-state index in [0.29, 0.717) is 52.3 Å². The second-order valence-electron chi connectivity index (χ2n) is 12.3. The van der Waals surface area contributed by atoms with E-state index in [-0.39, 0.29) is 29.6 Å². The highest BCUT2D eigenvalue weighted by Gasteiger charge is 2.74. The molecule has 44 heavy (non-hydrogen) atoms. The van der Waals surface area contributed by atoms with E-state index in [9.17, 15) is 19.5 Å². The Morgan fingerprint density at radius 3 is 2.66 bits per heavy atom. The molecular formula is C34H47N3O6S. The van der Waals surface area contributed by atoms with E-state index in [0.717, 1.165) is 44.3 Å². The Balaban J connectivity index is 1.44. The number of carbonyl (C=O) groups is 3. The van der Waals surface area contributed by atoms with Gasteiger partial charge in [0, 0.05) is 38.0 Å². The molecule has 9 nitrogen and oxygen atoms in total. The summed E-state index contributed by atoms with van der Waals surface area (Å²) in [5, 5.41) is 10.6. The van der Waals surface area contributed by atoms with Gasteiger partial charge in [0.25, 0.3) is 0 Å². The van der Waals surface area contributed by atoms with Crippen LogP contribution in [0, 0.1) is 11.8 Å². The van der Waals surface area contributed by atoms with Gasteiger partial charge in [-0.25, -0.2) is 0 Å². The molecule has 4 heterocycles. The first-order valence-corrected chi connectivity index (χ1v) is 16.9. The minimum absolute atomic E-state index is 0.0648. The number of fused-ring (bicyclic) bond motifs is 1. The molecule has 0 radical (unpaired) electrons. The first kappa shape index (κ1) is 32.7. The molecule has 4 aliphatic heterocycles. The summed E-state index contributed by atoms with van der Waals surface area (Å²) in [5.41, 5.74) is 0.975. The third-order valence-electron chi connectivity index (χ3n) is 9.66. The molecule has 1 spiro atoms. The molecule has 2 unspecified atom stereocenters. The number of carbonyl (C=O) groups excluding carboxylic acids is 3. The lowest BCUT2D eigenvalue weighted by molar-refractivity contribution is -0.154. The molecule has 4 aliphatic rings. The van der Waals surface area contributed by atoms with Crippen LogP contribution in [-0.4, -0.2) is 119 Å². The topological polar surface area (TPSA) is 99.6 Å². The fraction of sp³-hybridized carbons (Fsp3) is 0.618. The van der Waals surface area contributed by atoms with Crippen molar-refractivity contribution >= 4 is 29.5 Å². The van der Waals surface area contributed by atoms with E-state index >= 15 is 0 Å². The van der Waals surface area contributed by atoms with Gasteiger partial charge in [0.05, 0.1) is 49.1 Å². The van der Waals surface area contributed by atoms with Crippen LogP contribution in [0.2, 0.25) is 0 Å². The summed E-state index contributed by atoms with van der Waals surface area (Å²) in [7, 11) is 0. The molecule has 1 aromatic rings. The number of hydrogen-bond donors (Lipinski definition) is 1. The number of amides is 2. The predicted molar refractivity (Wildman–Crippen MR) is 171 cm³/mol. The number of morpholine rings is 1. The normalized spacial score (nSPS) is 28.5. The van der Waals surface area contributed by atoms with Crippen molar-refractivity contribution in [1.82, 2.24) is 14.7 Å². The summed E-state index contributed by atoms with van der Waals surface area (Å²) in [6.07, 6.45) is 7.90. The van der Waals surface area contributed by atoms with Crippen LogP contribution in [0.25, 0.3) is 0 Å². The lowest BCUT2D eigenvalue weighted by Crippen LogP contribution is -2.58. The third kappa shape index (κ3) is 6.64. The summed E-state index contributed by atoms with van der Waals surface area (Å²) in [5.74, 6) is -1.94. The molecule has 2 amide bonds.